The first-order valence-corrected chi connectivity index (χ1v) is 6.74. The first-order chi connectivity index (χ1) is 8.82. The van der Waals surface area contributed by atoms with Crippen molar-refractivity contribution in [2.75, 3.05) is 27.2 Å². The van der Waals surface area contributed by atoms with Gasteiger partial charge in [0.15, 0.2) is 0 Å². The lowest BCUT2D eigenvalue weighted by Gasteiger charge is -2.25. The van der Waals surface area contributed by atoms with E-state index in [0.29, 0.717) is 12.3 Å². The summed E-state index contributed by atoms with van der Waals surface area (Å²) in [5.41, 5.74) is 1.86. The van der Waals surface area contributed by atoms with Crippen LogP contribution in [0.1, 0.15) is 27.2 Å². The smallest absolute Gasteiger partial charge is 0.247 e. The first kappa shape index (κ1) is 15.7. The van der Waals surface area contributed by atoms with E-state index in [9.17, 15) is 9.59 Å². The van der Waals surface area contributed by atoms with Crippen LogP contribution < -0.4 is 10.6 Å². The molecule has 0 radical (unpaired) electrons. The maximum absolute atomic E-state index is 12.1. The van der Waals surface area contributed by atoms with Gasteiger partial charge in [-0.3, -0.25) is 9.59 Å². The Morgan fingerprint density at radius 3 is 2.26 bits per heavy atom. The van der Waals surface area contributed by atoms with Gasteiger partial charge in [-0.2, -0.15) is 0 Å². The van der Waals surface area contributed by atoms with E-state index in [0.717, 1.165) is 24.2 Å². The zero-order valence-corrected chi connectivity index (χ0v) is 12.5. The van der Waals surface area contributed by atoms with Gasteiger partial charge in [-0.15, -0.1) is 0 Å². The van der Waals surface area contributed by atoms with E-state index in [1.54, 1.807) is 14.1 Å². The number of amides is 2. The number of nitrogens with zero attached hydrogens (tertiary/aromatic N) is 1. The van der Waals surface area contributed by atoms with Gasteiger partial charge < -0.3 is 15.5 Å². The van der Waals surface area contributed by atoms with Gasteiger partial charge in [0.05, 0.1) is 0 Å². The molecule has 1 aliphatic heterocycles. The number of carbonyl (C=O) groups is 2. The molecule has 19 heavy (non-hydrogen) atoms. The Balaban J connectivity index is 2.71. The summed E-state index contributed by atoms with van der Waals surface area (Å²) in [5.74, 6) is 0.177. The summed E-state index contributed by atoms with van der Waals surface area (Å²) in [4.78, 5) is 25.7. The molecule has 0 aromatic carbocycles. The van der Waals surface area contributed by atoms with E-state index in [1.807, 2.05) is 20.8 Å². The molecule has 0 bridgehead atoms. The van der Waals surface area contributed by atoms with Crippen LogP contribution in [0.4, 0.5) is 0 Å². The molecule has 1 heterocycles. The lowest BCUT2D eigenvalue weighted by Crippen LogP contribution is -2.48. The van der Waals surface area contributed by atoms with Crippen molar-refractivity contribution in [3.63, 3.8) is 0 Å². The van der Waals surface area contributed by atoms with Crippen molar-refractivity contribution >= 4 is 11.8 Å². The monoisotopic (exact) mass is 267 g/mol. The number of likely N-dealkylation sites (N-methyl/N-ethyl adjacent to an activating group) is 1. The molecule has 5 nitrogen and oxygen atoms in total. The summed E-state index contributed by atoms with van der Waals surface area (Å²) in [6.45, 7) is 7.45. The van der Waals surface area contributed by atoms with Crippen LogP contribution in [0, 0.1) is 5.92 Å². The molecular weight excluding hydrogens is 242 g/mol. The quantitative estimate of drug-likeness (QED) is 0.714. The second kappa shape index (κ2) is 6.70. The standard InChI is InChI=1S/C14H25N3O2/c1-9(2)6-12(14(19)17(4)5)16-13(18)10(3)11-7-15-8-11/h9,12,15H,6-8H2,1-5H3,(H,16,18). The summed E-state index contributed by atoms with van der Waals surface area (Å²) in [6.07, 6.45) is 0.656. The maximum Gasteiger partial charge on any atom is 0.247 e. The third kappa shape index (κ3) is 4.35. The van der Waals surface area contributed by atoms with Crippen molar-refractivity contribution in [3.8, 4) is 0 Å². The minimum absolute atomic E-state index is 0.0495. The highest BCUT2D eigenvalue weighted by molar-refractivity contribution is 5.97. The van der Waals surface area contributed by atoms with Crippen LogP contribution in [0.15, 0.2) is 11.1 Å². The first-order valence-electron chi connectivity index (χ1n) is 6.74. The summed E-state index contributed by atoms with van der Waals surface area (Å²) in [7, 11) is 3.42. The molecule has 0 aromatic heterocycles. The third-order valence-electron chi connectivity index (χ3n) is 3.30. The molecule has 0 aliphatic carbocycles. The van der Waals surface area contributed by atoms with Crippen molar-refractivity contribution in [3.05, 3.63) is 11.1 Å². The molecule has 5 heteroatoms. The van der Waals surface area contributed by atoms with Gasteiger partial charge in [-0.25, -0.2) is 0 Å². The number of hydrogen-bond donors (Lipinski definition) is 2. The molecular formula is C14H25N3O2. The van der Waals surface area contributed by atoms with Crippen molar-refractivity contribution < 1.29 is 9.59 Å². The molecule has 2 N–H and O–H groups in total. The van der Waals surface area contributed by atoms with Crippen molar-refractivity contribution in [1.82, 2.24) is 15.5 Å². The van der Waals surface area contributed by atoms with Gasteiger partial charge in [0.2, 0.25) is 11.8 Å². The average Bonchev–Trinajstić information content (AvgIpc) is 2.23. The fourth-order valence-corrected chi connectivity index (χ4v) is 1.95. The molecule has 1 saturated heterocycles. The highest BCUT2D eigenvalue weighted by atomic mass is 16.2. The van der Waals surface area contributed by atoms with Crippen LogP contribution in [0.2, 0.25) is 0 Å². The predicted octanol–water partition coefficient (Wildman–Crippen LogP) is 0.525. The van der Waals surface area contributed by atoms with Crippen LogP contribution in [-0.2, 0) is 9.59 Å². The minimum atomic E-state index is -0.439. The van der Waals surface area contributed by atoms with Crippen molar-refractivity contribution in [1.29, 1.82) is 0 Å². The average molecular weight is 267 g/mol. The largest absolute Gasteiger partial charge is 0.347 e. The second-order valence-corrected chi connectivity index (χ2v) is 5.72. The van der Waals surface area contributed by atoms with Crippen molar-refractivity contribution in [2.24, 2.45) is 5.92 Å². The van der Waals surface area contributed by atoms with E-state index in [2.05, 4.69) is 10.6 Å². The Bertz CT molecular complexity index is 380. The van der Waals surface area contributed by atoms with E-state index in [1.165, 1.54) is 4.90 Å². The molecule has 108 valence electrons. The van der Waals surface area contributed by atoms with Gasteiger partial charge >= 0.3 is 0 Å². The number of nitrogens with one attached hydrogen (secondary N) is 2. The fraction of sp³-hybridized carbons (Fsp3) is 0.714. The summed E-state index contributed by atoms with van der Waals surface area (Å²) < 4.78 is 0. The van der Waals surface area contributed by atoms with Crippen LogP contribution >= 0.6 is 0 Å². The second-order valence-electron chi connectivity index (χ2n) is 5.72. The van der Waals surface area contributed by atoms with Gasteiger partial charge in [-0.1, -0.05) is 13.8 Å². The van der Waals surface area contributed by atoms with Crippen LogP contribution in [0.5, 0.6) is 0 Å². The molecule has 1 aliphatic rings. The zero-order chi connectivity index (χ0) is 14.6. The summed E-state index contributed by atoms with van der Waals surface area (Å²) in [5, 5.41) is 5.97. The molecule has 0 saturated carbocycles. The molecule has 1 rings (SSSR count). The SMILES string of the molecule is CC(C(=O)NC(CC(C)C)C(=O)N(C)C)=C1CNC1. The van der Waals surface area contributed by atoms with Gasteiger partial charge in [0.1, 0.15) is 6.04 Å². The molecule has 1 unspecified atom stereocenters. The van der Waals surface area contributed by atoms with E-state index >= 15 is 0 Å². The Morgan fingerprint density at radius 2 is 1.89 bits per heavy atom. The number of hydrogen-bond acceptors (Lipinski definition) is 3. The molecule has 0 spiro atoms. The minimum Gasteiger partial charge on any atom is -0.347 e. The van der Waals surface area contributed by atoms with Crippen LogP contribution in [0.3, 0.4) is 0 Å². The van der Waals surface area contributed by atoms with E-state index in [4.69, 9.17) is 0 Å². The van der Waals surface area contributed by atoms with Gasteiger partial charge in [-0.05, 0) is 24.8 Å². The zero-order valence-electron chi connectivity index (χ0n) is 12.5. The van der Waals surface area contributed by atoms with Crippen LogP contribution in [0.25, 0.3) is 0 Å². The highest BCUT2D eigenvalue weighted by Gasteiger charge is 2.25. The highest BCUT2D eigenvalue weighted by Crippen LogP contribution is 2.11. The topological polar surface area (TPSA) is 61.4 Å². The molecule has 0 aromatic rings. The molecule has 1 fully saturated rings. The Labute approximate surface area is 115 Å². The van der Waals surface area contributed by atoms with Gasteiger partial charge in [0, 0.05) is 32.8 Å². The molecule has 2 amide bonds. The summed E-state index contributed by atoms with van der Waals surface area (Å²) in [6, 6.07) is -0.439. The van der Waals surface area contributed by atoms with E-state index < -0.39 is 6.04 Å². The number of carbonyl (C=O) groups excluding carboxylic acids is 2. The lowest BCUT2D eigenvalue weighted by molar-refractivity contribution is -0.134. The van der Waals surface area contributed by atoms with Crippen molar-refractivity contribution in [2.45, 2.75) is 33.2 Å². The van der Waals surface area contributed by atoms with Crippen LogP contribution in [-0.4, -0.2) is 49.9 Å². The Hall–Kier alpha value is -1.36. The van der Waals surface area contributed by atoms with Gasteiger partial charge in [0.25, 0.3) is 0 Å². The fourth-order valence-electron chi connectivity index (χ4n) is 1.95. The maximum atomic E-state index is 12.1. The number of rotatable bonds is 5. The lowest BCUT2D eigenvalue weighted by atomic mass is 10.0. The van der Waals surface area contributed by atoms with E-state index in [-0.39, 0.29) is 11.8 Å². The third-order valence-corrected chi connectivity index (χ3v) is 3.30. The Morgan fingerprint density at radius 1 is 1.32 bits per heavy atom. The predicted molar refractivity (Wildman–Crippen MR) is 75.6 cm³/mol. The normalized spacial score (nSPS) is 15.8. The molecule has 1 atom stereocenters. The summed E-state index contributed by atoms with van der Waals surface area (Å²) >= 11 is 0. The Kier molecular flexibility index (Phi) is 5.54.